The molecule has 6 nitrogen and oxygen atoms in total. The van der Waals surface area contributed by atoms with Gasteiger partial charge in [0.1, 0.15) is 11.5 Å². The molecule has 0 aliphatic rings. The second-order valence-electron chi connectivity index (χ2n) is 8.07. The van der Waals surface area contributed by atoms with Crippen LogP contribution in [0.3, 0.4) is 0 Å². The van der Waals surface area contributed by atoms with E-state index >= 15 is 0 Å². The van der Waals surface area contributed by atoms with Crippen LogP contribution in [0.1, 0.15) is 25.3 Å². The number of nitrogens with zero attached hydrogens (tertiary/aromatic N) is 1. The van der Waals surface area contributed by atoms with Gasteiger partial charge in [-0.2, -0.15) is 4.98 Å². The van der Waals surface area contributed by atoms with Gasteiger partial charge < -0.3 is 14.5 Å². The molecule has 4 aromatic rings. The topological polar surface area (TPSA) is 81.4 Å². The molecule has 0 bridgehead atoms. The van der Waals surface area contributed by atoms with Crippen molar-refractivity contribution >= 4 is 15.7 Å². The van der Waals surface area contributed by atoms with Gasteiger partial charge in [0.05, 0.1) is 4.90 Å². The maximum Gasteiger partial charge on any atom is 0.233 e. The Hall–Kier alpha value is -3.58. The fourth-order valence-electron chi connectivity index (χ4n) is 3.32. The molecular formula is C26H26N2O4S. The molecule has 0 fully saturated rings. The number of ether oxygens (including phenoxy) is 1. The molecular weight excluding hydrogens is 436 g/mol. The standard InChI is InChI=1S/C26H26N2O4S/c1-19(2)16-24-28-26(33(29,30)23-14-7-4-8-15-23)25(32-24)27-18-20-10-9-13-22(17-20)31-21-11-5-3-6-12-21/h3-15,17,19,27H,16,18H2,1-2H3. The lowest BCUT2D eigenvalue weighted by molar-refractivity contribution is 0.465. The maximum atomic E-state index is 13.2. The van der Waals surface area contributed by atoms with Crippen LogP contribution in [0, 0.1) is 5.92 Å². The van der Waals surface area contributed by atoms with Crippen LogP contribution in [0.2, 0.25) is 0 Å². The van der Waals surface area contributed by atoms with Crippen LogP contribution in [0.15, 0.2) is 99.3 Å². The number of hydrogen-bond acceptors (Lipinski definition) is 6. The zero-order valence-corrected chi connectivity index (χ0v) is 19.4. The minimum Gasteiger partial charge on any atom is -0.457 e. The molecule has 1 N–H and O–H groups in total. The van der Waals surface area contributed by atoms with Crippen LogP contribution in [0.5, 0.6) is 11.5 Å². The van der Waals surface area contributed by atoms with Crippen LogP contribution >= 0.6 is 0 Å². The molecule has 4 rings (SSSR count). The van der Waals surface area contributed by atoms with Crippen molar-refractivity contribution in [3.8, 4) is 11.5 Å². The number of anilines is 1. The van der Waals surface area contributed by atoms with Crippen molar-refractivity contribution in [3.05, 3.63) is 96.4 Å². The Bertz CT molecular complexity index is 1300. The molecule has 0 radical (unpaired) electrons. The van der Waals surface area contributed by atoms with E-state index < -0.39 is 9.84 Å². The first-order chi connectivity index (χ1) is 15.9. The van der Waals surface area contributed by atoms with Crippen molar-refractivity contribution in [1.82, 2.24) is 4.98 Å². The molecule has 170 valence electrons. The normalized spacial score (nSPS) is 11.5. The smallest absolute Gasteiger partial charge is 0.233 e. The zero-order chi connectivity index (χ0) is 23.3. The van der Waals surface area contributed by atoms with E-state index in [0.29, 0.717) is 24.6 Å². The van der Waals surface area contributed by atoms with Crippen molar-refractivity contribution in [2.45, 2.75) is 36.7 Å². The van der Waals surface area contributed by atoms with Gasteiger partial charge in [0.15, 0.2) is 5.89 Å². The minimum atomic E-state index is -3.83. The van der Waals surface area contributed by atoms with Gasteiger partial charge in [-0.05, 0) is 47.9 Å². The number of rotatable bonds is 9. The van der Waals surface area contributed by atoms with Gasteiger partial charge in [0, 0.05) is 13.0 Å². The fourth-order valence-corrected chi connectivity index (χ4v) is 4.63. The summed E-state index contributed by atoms with van der Waals surface area (Å²) in [5.41, 5.74) is 0.910. The van der Waals surface area contributed by atoms with Crippen LogP contribution in [-0.4, -0.2) is 13.4 Å². The van der Waals surface area contributed by atoms with E-state index in [-0.39, 0.29) is 21.7 Å². The zero-order valence-electron chi connectivity index (χ0n) is 18.6. The van der Waals surface area contributed by atoms with Crippen molar-refractivity contribution in [2.24, 2.45) is 5.92 Å². The molecule has 0 saturated heterocycles. The van der Waals surface area contributed by atoms with Crippen molar-refractivity contribution in [2.75, 3.05) is 5.32 Å². The summed E-state index contributed by atoms with van der Waals surface area (Å²) < 4.78 is 38.2. The summed E-state index contributed by atoms with van der Waals surface area (Å²) in [7, 11) is -3.83. The monoisotopic (exact) mass is 462 g/mol. The third-order valence-corrected chi connectivity index (χ3v) is 6.54. The lowest BCUT2D eigenvalue weighted by Gasteiger charge is -2.09. The van der Waals surface area contributed by atoms with Gasteiger partial charge in [-0.25, -0.2) is 8.42 Å². The summed E-state index contributed by atoms with van der Waals surface area (Å²) in [6, 6.07) is 25.4. The molecule has 33 heavy (non-hydrogen) atoms. The lowest BCUT2D eigenvalue weighted by atomic mass is 10.1. The first kappa shape index (κ1) is 22.6. The summed E-state index contributed by atoms with van der Waals surface area (Å²) in [6.07, 6.45) is 0.541. The Morgan fingerprint density at radius 3 is 2.27 bits per heavy atom. The van der Waals surface area contributed by atoms with Gasteiger partial charge in [-0.1, -0.05) is 62.4 Å². The third kappa shape index (κ3) is 5.62. The van der Waals surface area contributed by atoms with Crippen molar-refractivity contribution in [3.63, 3.8) is 0 Å². The van der Waals surface area contributed by atoms with E-state index in [9.17, 15) is 8.42 Å². The Kier molecular flexibility index (Phi) is 6.79. The maximum absolute atomic E-state index is 13.2. The Morgan fingerprint density at radius 1 is 0.909 bits per heavy atom. The van der Waals surface area contributed by atoms with Crippen LogP contribution in [-0.2, 0) is 22.8 Å². The molecule has 0 spiro atoms. The van der Waals surface area contributed by atoms with Crippen LogP contribution in [0.4, 0.5) is 5.88 Å². The lowest BCUT2D eigenvalue weighted by Crippen LogP contribution is -2.07. The number of aromatic nitrogens is 1. The second-order valence-corrected chi connectivity index (χ2v) is 9.94. The predicted octanol–water partition coefficient (Wildman–Crippen LogP) is 6.11. The van der Waals surface area contributed by atoms with Crippen LogP contribution < -0.4 is 10.1 Å². The molecule has 0 amide bonds. The molecule has 0 aliphatic carbocycles. The van der Waals surface area contributed by atoms with Crippen LogP contribution in [0.25, 0.3) is 0 Å². The first-order valence-electron chi connectivity index (χ1n) is 10.8. The first-order valence-corrected chi connectivity index (χ1v) is 12.3. The van der Waals surface area contributed by atoms with Gasteiger partial charge in [0.2, 0.25) is 20.7 Å². The minimum absolute atomic E-state index is 0.0963. The van der Waals surface area contributed by atoms with E-state index in [2.05, 4.69) is 10.3 Å². The quantitative estimate of drug-likeness (QED) is 0.323. The average Bonchev–Trinajstić information content (AvgIpc) is 3.22. The molecule has 0 aliphatic heterocycles. The summed E-state index contributed by atoms with van der Waals surface area (Å²) in [5, 5.41) is 3.03. The van der Waals surface area contributed by atoms with Gasteiger partial charge in [-0.15, -0.1) is 0 Å². The Balaban J connectivity index is 1.58. The number of sulfone groups is 1. The summed E-state index contributed by atoms with van der Waals surface area (Å²) in [4.78, 5) is 4.52. The van der Waals surface area contributed by atoms with Crippen molar-refractivity contribution < 1.29 is 17.6 Å². The molecule has 7 heteroatoms. The second kappa shape index (κ2) is 9.92. The largest absolute Gasteiger partial charge is 0.457 e. The van der Waals surface area contributed by atoms with Gasteiger partial charge in [0.25, 0.3) is 0 Å². The van der Waals surface area contributed by atoms with Crippen molar-refractivity contribution in [1.29, 1.82) is 0 Å². The Morgan fingerprint density at radius 2 is 1.58 bits per heavy atom. The van der Waals surface area contributed by atoms with Gasteiger partial charge in [-0.3, -0.25) is 0 Å². The SMILES string of the molecule is CC(C)Cc1nc(S(=O)(=O)c2ccccc2)c(NCc2cccc(Oc3ccccc3)c2)o1. The number of hydrogen-bond donors (Lipinski definition) is 1. The van der Waals surface area contributed by atoms with E-state index in [4.69, 9.17) is 9.15 Å². The number of para-hydroxylation sites is 1. The molecule has 1 aromatic heterocycles. The highest BCUT2D eigenvalue weighted by atomic mass is 32.2. The average molecular weight is 463 g/mol. The summed E-state index contributed by atoms with van der Waals surface area (Å²) >= 11 is 0. The molecule has 0 saturated carbocycles. The summed E-state index contributed by atoms with van der Waals surface area (Å²) in [5.74, 6) is 2.24. The number of nitrogens with one attached hydrogen (secondary N) is 1. The fraction of sp³-hybridized carbons (Fsp3) is 0.192. The molecule has 0 unspecified atom stereocenters. The number of benzene rings is 3. The predicted molar refractivity (Wildman–Crippen MR) is 127 cm³/mol. The highest BCUT2D eigenvalue weighted by Crippen LogP contribution is 2.30. The highest BCUT2D eigenvalue weighted by Gasteiger charge is 2.28. The van der Waals surface area contributed by atoms with Gasteiger partial charge >= 0.3 is 0 Å². The highest BCUT2D eigenvalue weighted by molar-refractivity contribution is 7.91. The third-order valence-electron chi connectivity index (χ3n) is 4.86. The number of oxazole rings is 1. The Labute approximate surface area is 194 Å². The molecule has 1 heterocycles. The van der Waals surface area contributed by atoms with E-state index in [0.717, 1.165) is 11.3 Å². The van der Waals surface area contributed by atoms with E-state index in [1.807, 2.05) is 68.4 Å². The molecule has 0 atom stereocenters. The molecule has 3 aromatic carbocycles. The van der Waals surface area contributed by atoms with E-state index in [1.54, 1.807) is 30.3 Å². The summed E-state index contributed by atoms with van der Waals surface area (Å²) in [6.45, 7) is 4.40. The van der Waals surface area contributed by atoms with E-state index in [1.165, 1.54) is 0 Å².